The maximum Gasteiger partial charge on any atom is 0.334 e. The molecule has 0 radical (unpaired) electrons. The number of benzene rings is 1. The summed E-state index contributed by atoms with van der Waals surface area (Å²) < 4.78 is 3.48. The zero-order valence-electron chi connectivity index (χ0n) is 21.2. The van der Waals surface area contributed by atoms with Crippen molar-refractivity contribution in [1.29, 1.82) is 0 Å². The maximum absolute atomic E-state index is 13.6. The van der Waals surface area contributed by atoms with Gasteiger partial charge in [0, 0.05) is 32.9 Å². The number of anilines is 1. The van der Waals surface area contributed by atoms with Gasteiger partial charge in [0.05, 0.1) is 27.3 Å². The Labute approximate surface area is 220 Å². The van der Waals surface area contributed by atoms with Crippen molar-refractivity contribution in [2.24, 2.45) is 5.92 Å². The van der Waals surface area contributed by atoms with E-state index in [0.717, 1.165) is 42.5 Å². The molecule has 0 aliphatic heterocycles. The van der Waals surface area contributed by atoms with E-state index in [2.05, 4.69) is 20.5 Å². The van der Waals surface area contributed by atoms with Crippen molar-refractivity contribution in [3.05, 3.63) is 75.4 Å². The average Bonchev–Trinajstić information content (AvgIpc) is 3.17. The summed E-state index contributed by atoms with van der Waals surface area (Å²) >= 11 is 6.03. The van der Waals surface area contributed by atoms with E-state index in [0.29, 0.717) is 34.6 Å². The highest BCUT2D eigenvalue weighted by Crippen LogP contribution is 2.28. The van der Waals surface area contributed by atoms with Crippen molar-refractivity contribution >= 4 is 34.4 Å². The van der Waals surface area contributed by atoms with Gasteiger partial charge in [-0.1, -0.05) is 23.7 Å². The van der Waals surface area contributed by atoms with Crippen molar-refractivity contribution in [3.8, 4) is 5.82 Å². The first-order valence-corrected chi connectivity index (χ1v) is 12.8. The lowest BCUT2D eigenvalue weighted by Gasteiger charge is -2.29. The van der Waals surface area contributed by atoms with Crippen LogP contribution in [0.25, 0.3) is 16.9 Å². The highest BCUT2D eigenvalue weighted by Gasteiger charge is 2.26. The summed E-state index contributed by atoms with van der Waals surface area (Å²) in [6, 6.07) is 13.2. The molecule has 37 heavy (non-hydrogen) atoms. The van der Waals surface area contributed by atoms with Crippen LogP contribution < -0.4 is 15.9 Å². The summed E-state index contributed by atoms with van der Waals surface area (Å²) in [6.45, 7) is 2.42. The van der Waals surface area contributed by atoms with Gasteiger partial charge in [-0.05, 0) is 68.9 Å². The fourth-order valence-corrected chi connectivity index (χ4v) is 5.19. The number of carbonyl (C=O) groups excluding carboxylic acids is 1. The average molecular weight is 520 g/mol. The molecule has 1 aliphatic rings. The van der Waals surface area contributed by atoms with Crippen molar-refractivity contribution in [2.45, 2.75) is 45.2 Å². The number of fused-ring (bicyclic) bond motifs is 1. The molecule has 9 nitrogen and oxygen atoms in total. The highest BCUT2D eigenvalue weighted by molar-refractivity contribution is 6.30. The van der Waals surface area contributed by atoms with Gasteiger partial charge in [-0.2, -0.15) is 0 Å². The van der Waals surface area contributed by atoms with Gasteiger partial charge in [0.15, 0.2) is 11.6 Å². The molecule has 0 bridgehead atoms. The molecule has 1 aliphatic carbocycles. The molecule has 1 saturated carbocycles. The number of rotatable bonds is 6. The number of para-hydroxylation sites is 2. The van der Waals surface area contributed by atoms with Crippen LogP contribution in [0.4, 0.5) is 5.82 Å². The molecule has 3 aromatic heterocycles. The predicted molar refractivity (Wildman–Crippen MR) is 145 cm³/mol. The second-order valence-corrected chi connectivity index (χ2v) is 10.3. The molecule has 1 N–H and O–H groups in total. The lowest BCUT2D eigenvalue weighted by atomic mass is 9.85. The van der Waals surface area contributed by atoms with Crippen LogP contribution >= 0.6 is 11.6 Å². The van der Waals surface area contributed by atoms with Crippen molar-refractivity contribution in [1.82, 2.24) is 29.6 Å². The van der Waals surface area contributed by atoms with Gasteiger partial charge in [0.25, 0.3) is 5.91 Å². The summed E-state index contributed by atoms with van der Waals surface area (Å²) in [5.74, 6) is 1.42. The number of aryl methyl sites for hydroxylation is 1. The van der Waals surface area contributed by atoms with E-state index >= 15 is 0 Å². The lowest BCUT2D eigenvalue weighted by Crippen LogP contribution is -2.39. The molecule has 1 amide bonds. The third kappa shape index (κ3) is 5.09. The van der Waals surface area contributed by atoms with E-state index in [9.17, 15) is 9.59 Å². The van der Waals surface area contributed by atoms with Crippen LogP contribution in [0.2, 0.25) is 5.02 Å². The summed E-state index contributed by atoms with van der Waals surface area (Å²) in [4.78, 5) is 32.4. The molecule has 192 valence electrons. The number of halogens is 1. The molecule has 3 heterocycles. The number of amides is 1. The number of pyridine rings is 1. The van der Waals surface area contributed by atoms with E-state index in [1.165, 1.54) is 0 Å². The Balaban J connectivity index is 1.31. The number of imidazole rings is 1. The van der Waals surface area contributed by atoms with Crippen LogP contribution in [0.1, 0.15) is 41.7 Å². The smallest absolute Gasteiger partial charge is 0.334 e. The van der Waals surface area contributed by atoms with Crippen molar-refractivity contribution < 1.29 is 4.79 Å². The van der Waals surface area contributed by atoms with Gasteiger partial charge < -0.3 is 10.2 Å². The van der Waals surface area contributed by atoms with Gasteiger partial charge in [0.1, 0.15) is 0 Å². The second-order valence-electron chi connectivity index (χ2n) is 9.84. The van der Waals surface area contributed by atoms with Gasteiger partial charge >= 0.3 is 5.69 Å². The fraction of sp³-hybridized carbons (Fsp3) is 0.370. The molecule has 0 spiro atoms. The van der Waals surface area contributed by atoms with Crippen LogP contribution in [0.15, 0.2) is 53.5 Å². The number of nitrogens with zero attached hydrogens (tertiary/aromatic N) is 6. The number of hydrogen-bond acceptors (Lipinski definition) is 6. The molecule has 1 aromatic carbocycles. The molecule has 0 atom stereocenters. The first kappa shape index (κ1) is 25.0. The molecular weight excluding hydrogens is 490 g/mol. The van der Waals surface area contributed by atoms with Crippen LogP contribution in [0, 0.1) is 12.8 Å². The zero-order valence-corrected chi connectivity index (χ0v) is 21.9. The van der Waals surface area contributed by atoms with Crippen molar-refractivity contribution in [2.75, 3.05) is 19.0 Å². The SMILES string of the molecule is Cc1ncc(Cl)cc1C(=O)N[C@H]1CC[C@H](Cn2c(=O)n(-c3ccc(N(C)C)nn3)c3ccccc32)CC1. The Kier molecular flexibility index (Phi) is 6.97. The molecule has 0 unspecified atom stereocenters. The van der Waals surface area contributed by atoms with E-state index in [1.54, 1.807) is 23.8 Å². The summed E-state index contributed by atoms with van der Waals surface area (Å²) in [7, 11) is 3.80. The number of nitrogens with one attached hydrogen (secondary N) is 1. The Hall–Kier alpha value is -3.72. The number of aromatic nitrogens is 5. The number of hydrogen-bond donors (Lipinski definition) is 1. The standard InChI is InChI=1S/C27H30ClN7O2/c1-17-21(14-19(28)15-29-17)26(36)30-20-10-8-18(9-11-20)16-34-22-6-4-5-7-23(22)35(27(34)37)25-13-12-24(31-32-25)33(2)3/h4-7,12-15,18,20H,8-11,16H2,1-3H3,(H,30,36)/t18-,20-. The molecule has 5 rings (SSSR count). The highest BCUT2D eigenvalue weighted by atomic mass is 35.5. The van der Waals surface area contributed by atoms with Gasteiger partial charge in [-0.25, -0.2) is 9.36 Å². The quantitative estimate of drug-likeness (QED) is 0.413. The van der Waals surface area contributed by atoms with Crippen LogP contribution in [-0.2, 0) is 6.54 Å². The third-order valence-electron chi connectivity index (χ3n) is 7.08. The number of carbonyl (C=O) groups is 1. The van der Waals surface area contributed by atoms with Crippen LogP contribution in [0.3, 0.4) is 0 Å². The topological polar surface area (TPSA) is 97.9 Å². The van der Waals surface area contributed by atoms with Gasteiger partial charge in [0.2, 0.25) is 0 Å². The Bertz CT molecular complexity index is 1490. The maximum atomic E-state index is 13.6. The minimum Gasteiger partial charge on any atom is -0.361 e. The molecule has 10 heteroatoms. The molecule has 1 fully saturated rings. The molecular formula is C27H30ClN7O2. The van der Waals surface area contributed by atoms with Gasteiger partial charge in [-0.15, -0.1) is 10.2 Å². The minimum absolute atomic E-state index is 0.0886. The fourth-order valence-electron chi connectivity index (χ4n) is 5.03. The molecule has 0 saturated heterocycles. The van der Waals surface area contributed by atoms with E-state index < -0.39 is 0 Å². The Morgan fingerprint density at radius 3 is 2.49 bits per heavy atom. The van der Waals surface area contributed by atoms with Crippen LogP contribution in [0.5, 0.6) is 0 Å². The van der Waals surface area contributed by atoms with Gasteiger partial charge in [-0.3, -0.25) is 14.3 Å². The largest absolute Gasteiger partial charge is 0.361 e. The minimum atomic E-state index is -0.142. The molecule has 4 aromatic rings. The van der Waals surface area contributed by atoms with E-state index in [-0.39, 0.29) is 17.6 Å². The summed E-state index contributed by atoms with van der Waals surface area (Å²) in [6.07, 6.45) is 5.09. The Morgan fingerprint density at radius 2 is 1.81 bits per heavy atom. The monoisotopic (exact) mass is 519 g/mol. The van der Waals surface area contributed by atoms with Crippen LogP contribution in [-0.4, -0.2) is 50.4 Å². The first-order chi connectivity index (χ1) is 17.8. The second kappa shape index (κ2) is 10.3. The summed E-state index contributed by atoms with van der Waals surface area (Å²) in [5.41, 5.74) is 2.74. The lowest BCUT2D eigenvalue weighted by molar-refractivity contribution is 0.0919. The third-order valence-corrected chi connectivity index (χ3v) is 7.29. The predicted octanol–water partition coefficient (Wildman–Crippen LogP) is 3.99. The van der Waals surface area contributed by atoms with E-state index in [1.807, 2.05) is 60.0 Å². The van der Waals surface area contributed by atoms with Crippen molar-refractivity contribution in [3.63, 3.8) is 0 Å². The zero-order chi connectivity index (χ0) is 26.1. The first-order valence-electron chi connectivity index (χ1n) is 12.5. The van der Waals surface area contributed by atoms with E-state index in [4.69, 9.17) is 11.6 Å². The Morgan fingerprint density at radius 1 is 1.08 bits per heavy atom. The summed E-state index contributed by atoms with van der Waals surface area (Å²) in [5, 5.41) is 12.2. The normalized spacial score (nSPS) is 17.6.